The van der Waals surface area contributed by atoms with Gasteiger partial charge in [0.1, 0.15) is 12.4 Å². The summed E-state index contributed by atoms with van der Waals surface area (Å²) in [6.07, 6.45) is 1.23. The molecule has 2 unspecified atom stereocenters. The topological polar surface area (TPSA) is 38.5 Å². The van der Waals surface area contributed by atoms with E-state index in [1.807, 2.05) is 12.1 Å². The van der Waals surface area contributed by atoms with Crippen molar-refractivity contribution in [3.63, 3.8) is 0 Å². The lowest BCUT2D eigenvalue weighted by molar-refractivity contribution is 0.168. The molecule has 1 fully saturated rings. The van der Waals surface area contributed by atoms with Gasteiger partial charge in [-0.2, -0.15) is 0 Å². The van der Waals surface area contributed by atoms with E-state index in [4.69, 9.17) is 10.5 Å². The van der Waals surface area contributed by atoms with Crippen LogP contribution in [0.3, 0.4) is 0 Å². The number of benzene rings is 1. The highest BCUT2D eigenvalue weighted by molar-refractivity contribution is 5.26. The molecule has 2 atom stereocenters. The van der Waals surface area contributed by atoms with E-state index in [2.05, 4.69) is 30.9 Å². The zero-order chi connectivity index (χ0) is 13.0. The third-order valence-corrected chi connectivity index (χ3v) is 3.79. The monoisotopic (exact) mass is 248 g/mol. The molecule has 0 aliphatic carbocycles. The third-order valence-electron chi connectivity index (χ3n) is 3.79. The van der Waals surface area contributed by atoms with Gasteiger partial charge in [-0.3, -0.25) is 4.90 Å². The summed E-state index contributed by atoms with van der Waals surface area (Å²) in [5.74, 6) is 1.63. The highest BCUT2D eigenvalue weighted by Gasteiger charge is 2.25. The Kier molecular flexibility index (Phi) is 4.61. The molecule has 0 radical (unpaired) electrons. The second kappa shape index (κ2) is 6.21. The highest BCUT2D eigenvalue weighted by Crippen LogP contribution is 2.18. The molecule has 1 heterocycles. The molecular formula is C15H24N2O. The van der Waals surface area contributed by atoms with E-state index in [9.17, 15) is 0 Å². The summed E-state index contributed by atoms with van der Waals surface area (Å²) in [5.41, 5.74) is 6.98. The average Bonchev–Trinajstić information content (AvgIpc) is 2.86. The van der Waals surface area contributed by atoms with Gasteiger partial charge in [-0.25, -0.2) is 0 Å². The van der Waals surface area contributed by atoms with Gasteiger partial charge in [-0.15, -0.1) is 0 Å². The normalized spacial score (nSPS) is 22.1. The molecule has 1 saturated heterocycles. The minimum atomic E-state index is 0.461. The van der Waals surface area contributed by atoms with Gasteiger partial charge in [0.05, 0.1) is 0 Å². The number of hydrogen-bond donors (Lipinski definition) is 1. The van der Waals surface area contributed by atoms with E-state index in [0.717, 1.165) is 32.0 Å². The molecule has 1 aliphatic rings. The molecule has 1 aliphatic heterocycles. The van der Waals surface area contributed by atoms with Crippen molar-refractivity contribution in [2.45, 2.75) is 26.3 Å². The molecule has 2 N–H and O–H groups in total. The number of aryl methyl sites for hydroxylation is 1. The van der Waals surface area contributed by atoms with Crippen LogP contribution in [0.2, 0.25) is 0 Å². The Morgan fingerprint density at radius 3 is 2.72 bits per heavy atom. The number of ether oxygens (including phenoxy) is 1. The zero-order valence-electron chi connectivity index (χ0n) is 11.4. The Balaban J connectivity index is 1.78. The van der Waals surface area contributed by atoms with E-state index in [1.165, 1.54) is 12.0 Å². The molecule has 3 nitrogen and oxygen atoms in total. The maximum Gasteiger partial charge on any atom is 0.119 e. The van der Waals surface area contributed by atoms with Gasteiger partial charge in [-0.05, 0) is 51.4 Å². The predicted octanol–water partition coefficient (Wildman–Crippen LogP) is 2.04. The number of likely N-dealkylation sites (tertiary alicyclic amines) is 1. The lowest BCUT2D eigenvalue weighted by atomic mass is 10.1. The minimum Gasteiger partial charge on any atom is -0.492 e. The SMILES string of the molecule is Cc1ccc(OCC(C)N2CCC(CN)C2)cc1. The van der Waals surface area contributed by atoms with E-state index < -0.39 is 0 Å². The van der Waals surface area contributed by atoms with Crippen LogP contribution in [0.4, 0.5) is 0 Å². The van der Waals surface area contributed by atoms with Crippen LogP contribution in [0.1, 0.15) is 18.9 Å². The van der Waals surface area contributed by atoms with E-state index in [1.54, 1.807) is 0 Å². The maximum absolute atomic E-state index is 5.83. The number of rotatable bonds is 5. The van der Waals surface area contributed by atoms with Crippen LogP contribution < -0.4 is 10.5 Å². The van der Waals surface area contributed by atoms with Crippen molar-refractivity contribution < 1.29 is 4.74 Å². The Morgan fingerprint density at radius 2 is 2.11 bits per heavy atom. The first-order valence-electron chi connectivity index (χ1n) is 6.82. The Bertz CT molecular complexity index is 363. The van der Waals surface area contributed by atoms with Crippen LogP contribution in [0.25, 0.3) is 0 Å². The molecule has 0 aromatic heterocycles. The molecule has 100 valence electrons. The van der Waals surface area contributed by atoms with Gasteiger partial charge in [0.25, 0.3) is 0 Å². The van der Waals surface area contributed by atoms with Crippen molar-refractivity contribution in [2.75, 3.05) is 26.2 Å². The molecule has 0 spiro atoms. The summed E-state index contributed by atoms with van der Waals surface area (Å²) in [7, 11) is 0. The Hall–Kier alpha value is -1.06. The van der Waals surface area contributed by atoms with Crippen LogP contribution >= 0.6 is 0 Å². The van der Waals surface area contributed by atoms with E-state index >= 15 is 0 Å². The average molecular weight is 248 g/mol. The first-order chi connectivity index (χ1) is 8.69. The first-order valence-corrected chi connectivity index (χ1v) is 6.82. The van der Waals surface area contributed by atoms with Gasteiger partial charge in [0.2, 0.25) is 0 Å². The molecule has 18 heavy (non-hydrogen) atoms. The Labute approximate surface area is 110 Å². The van der Waals surface area contributed by atoms with Crippen LogP contribution in [-0.2, 0) is 0 Å². The van der Waals surface area contributed by atoms with Gasteiger partial charge in [0, 0.05) is 12.6 Å². The summed E-state index contributed by atoms with van der Waals surface area (Å²) in [6, 6.07) is 8.70. The fourth-order valence-corrected chi connectivity index (χ4v) is 2.41. The molecular weight excluding hydrogens is 224 g/mol. The number of nitrogens with two attached hydrogens (primary N) is 1. The van der Waals surface area contributed by atoms with E-state index in [0.29, 0.717) is 12.0 Å². The third kappa shape index (κ3) is 3.47. The van der Waals surface area contributed by atoms with Crippen LogP contribution in [-0.4, -0.2) is 37.2 Å². The van der Waals surface area contributed by atoms with Crippen molar-refractivity contribution >= 4 is 0 Å². The predicted molar refractivity (Wildman–Crippen MR) is 74.9 cm³/mol. The van der Waals surface area contributed by atoms with Crippen LogP contribution in [0.15, 0.2) is 24.3 Å². The zero-order valence-corrected chi connectivity index (χ0v) is 11.4. The second-order valence-electron chi connectivity index (χ2n) is 5.36. The highest BCUT2D eigenvalue weighted by atomic mass is 16.5. The van der Waals surface area contributed by atoms with Gasteiger partial charge in [0.15, 0.2) is 0 Å². The quantitative estimate of drug-likeness (QED) is 0.866. The molecule has 3 heteroatoms. The Morgan fingerprint density at radius 1 is 1.39 bits per heavy atom. The summed E-state index contributed by atoms with van der Waals surface area (Å²) >= 11 is 0. The second-order valence-corrected chi connectivity index (χ2v) is 5.36. The van der Waals surface area contributed by atoms with Crippen LogP contribution in [0.5, 0.6) is 5.75 Å². The van der Waals surface area contributed by atoms with Crippen molar-refractivity contribution in [1.29, 1.82) is 0 Å². The number of nitrogens with zero attached hydrogens (tertiary/aromatic N) is 1. The molecule has 0 saturated carbocycles. The number of hydrogen-bond acceptors (Lipinski definition) is 3. The van der Waals surface area contributed by atoms with Crippen molar-refractivity contribution in [3.8, 4) is 5.75 Å². The summed E-state index contributed by atoms with van der Waals surface area (Å²) in [6.45, 7) is 8.15. The lowest BCUT2D eigenvalue weighted by Gasteiger charge is -2.24. The van der Waals surface area contributed by atoms with Gasteiger partial charge < -0.3 is 10.5 Å². The smallest absolute Gasteiger partial charge is 0.119 e. The summed E-state index contributed by atoms with van der Waals surface area (Å²) in [4.78, 5) is 2.48. The first kappa shape index (κ1) is 13.4. The largest absolute Gasteiger partial charge is 0.492 e. The molecule has 2 rings (SSSR count). The summed E-state index contributed by atoms with van der Waals surface area (Å²) < 4.78 is 5.83. The maximum atomic E-state index is 5.83. The van der Waals surface area contributed by atoms with Crippen molar-refractivity contribution in [3.05, 3.63) is 29.8 Å². The standard InChI is InChI=1S/C15H24N2O/c1-12-3-5-15(6-4-12)18-11-13(2)17-8-7-14(9-16)10-17/h3-6,13-14H,7-11,16H2,1-2H3. The van der Waals surface area contributed by atoms with Gasteiger partial charge in [-0.1, -0.05) is 17.7 Å². The van der Waals surface area contributed by atoms with Crippen LogP contribution in [0, 0.1) is 12.8 Å². The molecule has 0 amide bonds. The minimum absolute atomic E-state index is 0.461. The fourth-order valence-electron chi connectivity index (χ4n) is 2.41. The van der Waals surface area contributed by atoms with E-state index in [-0.39, 0.29) is 0 Å². The fraction of sp³-hybridized carbons (Fsp3) is 0.600. The lowest BCUT2D eigenvalue weighted by Crippen LogP contribution is -2.36. The van der Waals surface area contributed by atoms with Crippen molar-refractivity contribution in [2.24, 2.45) is 11.7 Å². The molecule has 1 aromatic rings. The summed E-state index contributed by atoms with van der Waals surface area (Å²) in [5, 5.41) is 0. The molecule has 1 aromatic carbocycles. The van der Waals surface area contributed by atoms with Crippen molar-refractivity contribution in [1.82, 2.24) is 4.90 Å². The molecule has 0 bridgehead atoms. The van der Waals surface area contributed by atoms with Gasteiger partial charge >= 0.3 is 0 Å².